The summed E-state index contributed by atoms with van der Waals surface area (Å²) in [6, 6.07) is 2.13. The Labute approximate surface area is 148 Å². The minimum absolute atomic E-state index is 0.00384. The summed E-state index contributed by atoms with van der Waals surface area (Å²) in [6.07, 6.45) is -2.56. The van der Waals surface area contributed by atoms with Gasteiger partial charge in [-0.15, -0.1) is 0 Å². The van der Waals surface area contributed by atoms with Crippen LogP contribution in [0, 0.1) is 5.92 Å². The van der Waals surface area contributed by atoms with Gasteiger partial charge in [0.05, 0.1) is 13.1 Å². The third-order valence-corrected chi connectivity index (χ3v) is 4.80. The van der Waals surface area contributed by atoms with Gasteiger partial charge in [0, 0.05) is 32.1 Å². The summed E-state index contributed by atoms with van der Waals surface area (Å²) in [4.78, 5) is 30.7. The molecule has 2 aliphatic heterocycles. The number of hydrogen-bond donors (Lipinski definition) is 0. The molecule has 2 fully saturated rings. The molecule has 0 spiro atoms. The van der Waals surface area contributed by atoms with Crippen molar-refractivity contribution < 1.29 is 27.5 Å². The normalized spacial score (nSPS) is 19.2. The Kier molecular flexibility index (Phi) is 5.06. The summed E-state index contributed by atoms with van der Waals surface area (Å²) < 4.78 is 44.2. The smallest absolute Gasteiger partial charge is 0.421 e. The van der Waals surface area contributed by atoms with E-state index < -0.39 is 23.7 Å². The molecular formula is C17H20F3N3O3. The third kappa shape index (κ3) is 3.91. The zero-order valence-electron chi connectivity index (χ0n) is 14.3. The molecular weight excluding hydrogens is 351 g/mol. The number of hydrogen-bond acceptors (Lipinski definition) is 4. The maximum atomic E-state index is 12.9. The zero-order chi connectivity index (χ0) is 18.9. The van der Waals surface area contributed by atoms with Crippen molar-refractivity contribution in [2.75, 3.05) is 26.2 Å². The molecule has 2 aliphatic rings. The van der Waals surface area contributed by atoms with Crippen LogP contribution in [0.3, 0.4) is 0 Å². The molecule has 0 N–H and O–H groups in total. The molecule has 0 unspecified atom stereocenters. The van der Waals surface area contributed by atoms with Crippen molar-refractivity contribution >= 4 is 11.8 Å². The zero-order valence-corrected chi connectivity index (χ0v) is 14.3. The number of halogens is 3. The topological polar surface area (TPSA) is 62.7 Å². The average Bonchev–Trinajstić information content (AvgIpc) is 2.56. The maximum absolute atomic E-state index is 12.9. The van der Waals surface area contributed by atoms with Gasteiger partial charge in [-0.1, -0.05) is 0 Å². The number of alkyl halides is 3. The summed E-state index contributed by atoms with van der Waals surface area (Å²) >= 11 is 0. The van der Waals surface area contributed by atoms with E-state index in [4.69, 9.17) is 4.74 Å². The van der Waals surface area contributed by atoms with Crippen LogP contribution >= 0.6 is 0 Å². The molecule has 2 amide bonds. The molecule has 9 heteroatoms. The Morgan fingerprint density at radius 1 is 1.19 bits per heavy atom. The monoisotopic (exact) mass is 371 g/mol. The molecule has 1 aromatic rings. The van der Waals surface area contributed by atoms with Gasteiger partial charge in [-0.3, -0.25) is 9.59 Å². The van der Waals surface area contributed by atoms with E-state index in [0.717, 1.165) is 6.07 Å². The lowest BCUT2D eigenvalue weighted by molar-refractivity contribution is -0.149. The Morgan fingerprint density at radius 3 is 2.42 bits per heavy atom. The van der Waals surface area contributed by atoms with E-state index in [1.807, 2.05) is 0 Å². The fraction of sp³-hybridized carbons (Fsp3) is 0.588. The second-order valence-corrected chi connectivity index (χ2v) is 6.62. The van der Waals surface area contributed by atoms with Crippen molar-refractivity contribution in [2.45, 2.75) is 32.0 Å². The van der Waals surface area contributed by atoms with E-state index in [-0.39, 0.29) is 30.8 Å². The van der Waals surface area contributed by atoms with Crippen LogP contribution in [0.1, 0.15) is 25.3 Å². The lowest BCUT2D eigenvalue weighted by Crippen LogP contribution is -2.58. The Balaban J connectivity index is 1.51. The number of pyridine rings is 1. The van der Waals surface area contributed by atoms with Crippen LogP contribution in [-0.4, -0.2) is 58.9 Å². The molecule has 142 valence electrons. The van der Waals surface area contributed by atoms with Gasteiger partial charge in [0.25, 0.3) is 0 Å². The molecule has 6 nitrogen and oxygen atoms in total. The summed E-state index contributed by atoms with van der Waals surface area (Å²) in [6.45, 7) is 3.12. The fourth-order valence-corrected chi connectivity index (χ4v) is 3.25. The lowest BCUT2D eigenvalue weighted by atomic mass is 9.93. The fourth-order valence-electron chi connectivity index (χ4n) is 3.25. The molecule has 0 bridgehead atoms. The van der Waals surface area contributed by atoms with Crippen molar-refractivity contribution in [3.8, 4) is 5.88 Å². The number of aromatic nitrogens is 1. The number of carbonyl (C=O) groups excluding carboxylic acids is 2. The highest BCUT2D eigenvalue weighted by Crippen LogP contribution is 2.35. The van der Waals surface area contributed by atoms with E-state index in [2.05, 4.69) is 4.98 Å². The van der Waals surface area contributed by atoms with Crippen molar-refractivity contribution in [2.24, 2.45) is 5.92 Å². The summed E-state index contributed by atoms with van der Waals surface area (Å²) in [7, 11) is 0. The van der Waals surface area contributed by atoms with Crippen molar-refractivity contribution in [3.63, 3.8) is 0 Å². The first-order chi connectivity index (χ1) is 12.3. The highest BCUT2D eigenvalue weighted by atomic mass is 19.4. The number of nitrogens with zero attached hydrogens (tertiary/aromatic N) is 3. The Morgan fingerprint density at radius 2 is 1.85 bits per heavy atom. The van der Waals surface area contributed by atoms with Crippen LogP contribution in [0.2, 0.25) is 0 Å². The predicted octanol–water partition coefficient (Wildman–Crippen LogP) is 1.95. The first kappa shape index (κ1) is 18.5. The maximum Gasteiger partial charge on any atom is 0.421 e. The number of rotatable bonds is 3. The summed E-state index contributed by atoms with van der Waals surface area (Å²) in [5, 5.41) is 0. The highest BCUT2D eigenvalue weighted by Gasteiger charge is 2.40. The van der Waals surface area contributed by atoms with Crippen molar-refractivity contribution in [1.29, 1.82) is 0 Å². The van der Waals surface area contributed by atoms with Gasteiger partial charge in [0.15, 0.2) is 0 Å². The van der Waals surface area contributed by atoms with Crippen LogP contribution < -0.4 is 4.74 Å². The molecule has 0 radical (unpaired) electrons. The SMILES string of the molecule is CC(=O)N1CCC(C(=O)N2CC(Oc3ncccc3C(F)(F)F)C2)CC1. The first-order valence-electron chi connectivity index (χ1n) is 8.49. The van der Waals surface area contributed by atoms with E-state index in [0.29, 0.717) is 25.9 Å². The standard InChI is InChI=1S/C17H20F3N3O3/c1-11(24)22-7-4-12(5-8-22)16(25)23-9-13(10-23)26-15-14(17(18,19)20)3-2-6-21-15/h2-3,6,12-13H,4-5,7-10H2,1H3. The van der Waals surface area contributed by atoms with E-state index >= 15 is 0 Å². The van der Waals surface area contributed by atoms with Crippen molar-refractivity contribution in [1.82, 2.24) is 14.8 Å². The van der Waals surface area contributed by atoms with Gasteiger partial charge >= 0.3 is 6.18 Å². The van der Waals surface area contributed by atoms with E-state index in [9.17, 15) is 22.8 Å². The minimum Gasteiger partial charge on any atom is -0.470 e. The minimum atomic E-state index is -4.53. The number of piperidine rings is 1. The summed E-state index contributed by atoms with van der Waals surface area (Å²) in [5.74, 6) is -0.617. The van der Waals surface area contributed by atoms with Crippen LogP contribution in [0.25, 0.3) is 0 Å². The second-order valence-electron chi connectivity index (χ2n) is 6.62. The van der Waals surface area contributed by atoms with Crippen molar-refractivity contribution in [3.05, 3.63) is 23.9 Å². The van der Waals surface area contributed by atoms with E-state index in [1.54, 1.807) is 9.80 Å². The Hall–Kier alpha value is -2.32. The largest absolute Gasteiger partial charge is 0.470 e. The van der Waals surface area contributed by atoms with Crippen LogP contribution in [0.5, 0.6) is 5.88 Å². The number of ether oxygens (including phenoxy) is 1. The quantitative estimate of drug-likeness (QED) is 0.815. The van der Waals surface area contributed by atoms with Gasteiger partial charge in [0.2, 0.25) is 17.7 Å². The second kappa shape index (κ2) is 7.13. The third-order valence-electron chi connectivity index (χ3n) is 4.80. The van der Waals surface area contributed by atoms with Gasteiger partial charge in [-0.2, -0.15) is 13.2 Å². The van der Waals surface area contributed by atoms with Crippen LogP contribution in [-0.2, 0) is 15.8 Å². The first-order valence-corrected chi connectivity index (χ1v) is 8.49. The van der Waals surface area contributed by atoms with Crippen LogP contribution in [0.4, 0.5) is 13.2 Å². The average molecular weight is 371 g/mol. The lowest BCUT2D eigenvalue weighted by Gasteiger charge is -2.42. The highest BCUT2D eigenvalue weighted by molar-refractivity contribution is 5.80. The molecule has 3 heterocycles. The molecule has 3 rings (SSSR count). The molecule has 0 aliphatic carbocycles. The number of likely N-dealkylation sites (tertiary alicyclic amines) is 2. The van der Waals surface area contributed by atoms with E-state index in [1.165, 1.54) is 19.2 Å². The van der Waals surface area contributed by atoms with Crippen LogP contribution in [0.15, 0.2) is 18.3 Å². The number of carbonyl (C=O) groups is 2. The molecule has 26 heavy (non-hydrogen) atoms. The number of amides is 2. The predicted molar refractivity (Wildman–Crippen MR) is 85.2 cm³/mol. The van der Waals surface area contributed by atoms with Gasteiger partial charge in [-0.05, 0) is 25.0 Å². The summed E-state index contributed by atoms with van der Waals surface area (Å²) in [5.41, 5.74) is -0.915. The molecule has 0 aromatic carbocycles. The molecule has 0 atom stereocenters. The Bertz CT molecular complexity index is 681. The molecule has 1 aromatic heterocycles. The van der Waals surface area contributed by atoms with Gasteiger partial charge in [0.1, 0.15) is 11.7 Å². The van der Waals surface area contributed by atoms with Gasteiger partial charge in [-0.25, -0.2) is 4.98 Å². The molecule has 0 saturated carbocycles. The molecule has 2 saturated heterocycles. The van der Waals surface area contributed by atoms with Gasteiger partial charge < -0.3 is 14.5 Å².